The Morgan fingerprint density at radius 2 is 1.72 bits per heavy atom. The van der Waals surface area contributed by atoms with Crippen molar-refractivity contribution in [2.75, 3.05) is 5.32 Å². The SMILES string of the molecule is O=C(Nc1nn[nH]n1)c1cc(-c2ccccc2)c2ccc3ccccc3n2c1=O. The fourth-order valence-electron chi connectivity index (χ4n) is 3.43. The number of fused-ring (bicyclic) bond motifs is 3. The minimum atomic E-state index is -0.601. The Morgan fingerprint density at radius 1 is 0.931 bits per heavy atom. The highest BCUT2D eigenvalue weighted by Crippen LogP contribution is 2.27. The smallest absolute Gasteiger partial charge is 0.270 e. The molecule has 140 valence electrons. The highest BCUT2D eigenvalue weighted by atomic mass is 16.2. The molecule has 8 heteroatoms. The van der Waals surface area contributed by atoms with Crippen molar-refractivity contribution < 1.29 is 4.79 Å². The van der Waals surface area contributed by atoms with Crippen LogP contribution in [0.3, 0.4) is 0 Å². The fraction of sp³-hybridized carbons (Fsp3) is 0. The molecule has 0 unspecified atom stereocenters. The van der Waals surface area contributed by atoms with Crippen LogP contribution in [0.15, 0.2) is 77.6 Å². The van der Waals surface area contributed by atoms with E-state index in [0.717, 1.165) is 27.5 Å². The van der Waals surface area contributed by atoms with E-state index in [0.29, 0.717) is 0 Å². The van der Waals surface area contributed by atoms with E-state index in [2.05, 4.69) is 25.9 Å². The Balaban J connectivity index is 1.83. The maximum atomic E-state index is 13.3. The average Bonchev–Trinajstić information content (AvgIpc) is 3.27. The van der Waals surface area contributed by atoms with Crippen LogP contribution in [0, 0.1) is 0 Å². The van der Waals surface area contributed by atoms with Crippen LogP contribution in [0.4, 0.5) is 5.95 Å². The number of nitrogens with one attached hydrogen (secondary N) is 2. The highest BCUT2D eigenvalue weighted by Gasteiger charge is 2.19. The summed E-state index contributed by atoms with van der Waals surface area (Å²) in [6.07, 6.45) is 0. The molecular formula is C21H14N6O2. The van der Waals surface area contributed by atoms with Crippen molar-refractivity contribution in [3.8, 4) is 11.1 Å². The lowest BCUT2D eigenvalue weighted by Gasteiger charge is -2.13. The number of tetrazole rings is 1. The number of aromatic amines is 1. The van der Waals surface area contributed by atoms with E-state index < -0.39 is 11.5 Å². The number of benzene rings is 2. The molecule has 0 saturated carbocycles. The second-order valence-corrected chi connectivity index (χ2v) is 6.45. The number of pyridine rings is 2. The van der Waals surface area contributed by atoms with Gasteiger partial charge in [0.15, 0.2) is 0 Å². The van der Waals surface area contributed by atoms with Gasteiger partial charge in [0.2, 0.25) is 0 Å². The van der Waals surface area contributed by atoms with Gasteiger partial charge in [-0.2, -0.15) is 5.21 Å². The van der Waals surface area contributed by atoms with E-state index in [-0.39, 0.29) is 11.5 Å². The molecule has 0 saturated heterocycles. The zero-order valence-electron chi connectivity index (χ0n) is 15.0. The lowest BCUT2D eigenvalue weighted by Crippen LogP contribution is -2.27. The molecule has 0 radical (unpaired) electrons. The molecule has 5 rings (SSSR count). The number of carbonyl (C=O) groups excluding carboxylic acids is 1. The lowest BCUT2D eigenvalue weighted by atomic mass is 10.0. The van der Waals surface area contributed by atoms with Crippen LogP contribution in [0.1, 0.15) is 10.4 Å². The van der Waals surface area contributed by atoms with E-state index in [4.69, 9.17) is 0 Å². The summed E-state index contributed by atoms with van der Waals surface area (Å²) in [6, 6.07) is 22.7. The standard InChI is InChI=1S/C21H14N6O2/c28-19(22-21-23-25-26-24-21)16-12-15(13-6-2-1-3-7-13)18-11-10-14-8-4-5-9-17(14)27(18)20(16)29/h1-12H,(H2,22,23,24,25,26,28). The first-order valence-electron chi connectivity index (χ1n) is 8.90. The van der Waals surface area contributed by atoms with E-state index in [1.807, 2.05) is 66.7 Å². The predicted molar refractivity (Wildman–Crippen MR) is 109 cm³/mol. The minimum absolute atomic E-state index is 0.00122. The first-order valence-corrected chi connectivity index (χ1v) is 8.90. The zero-order chi connectivity index (χ0) is 19.8. The van der Waals surface area contributed by atoms with Crippen LogP contribution in [-0.2, 0) is 0 Å². The monoisotopic (exact) mass is 382 g/mol. The highest BCUT2D eigenvalue weighted by molar-refractivity contribution is 6.05. The maximum absolute atomic E-state index is 13.3. The van der Waals surface area contributed by atoms with E-state index in [1.54, 1.807) is 10.5 Å². The van der Waals surface area contributed by atoms with Crippen molar-refractivity contribution in [3.05, 3.63) is 88.7 Å². The predicted octanol–water partition coefficient (Wildman–Crippen LogP) is 2.89. The summed E-state index contributed by atoms with van der Waals surface area (Å²) in [5.74, 6) is -0.602. The molecule has 3 heterocycles. The molecule has 0 bridgehead atoms. The molecule has 3 aromatic heterocycles. The van der Waals surface area contributed by atoms with Gasteiger partial charge in [-0.05, 0) is 34.4 Å². The first-order chi connectivity index (χ1) is 14.2. The number of hydrogen-bond acceptors (Lipinski definition) is 5. The number of aromatic nitrogens is 5. The quantitative estimate of drug-likeness (QED) is 0.467. The normalized spacial score (nSPS) is 11.0. The second-order valence-electron chi connectivity index (χ2n) is 6.45. The third kappa shape index (κ3) is 2.83. The van der Waals surface area contributed by atoms with Gasteiger partial charge < -0.3 is 0 Å². The van der Waals surface area contributed by atoms with Crippen molar-refractivity contribution in [2.45, 2.75) is 0 Å². The van der Waals surface area contributed by atoms with Crippen molar-refractivity contribution in [1.29, 1.82) is 0 Å². The molecule has 0 fully saturated rings. The van der Waals surface area contributed by atoms with Crippen molar-refractivity contribution >= 4 is 28.3 Å². The molecular weight excluding hydrogens is 368 g/mol. The van der Waals surface area contributed by atoms with E-state index in [9.17, 15) is 9.59 Å². The van der Waals surface area contributed by atoms with Gasteiger partial charge in [-0.15, -0.1) is 5.10 Å². The van der Waals surface area contributed by atoms with Crippen LogP contribution in [0.2, 0.25) is 0 Å². The van der Waals surface area contributed by atoms with Gasteiger partial charge in [-0.1, -0.05) is 59.7 Å². The molecule has 0 spiro atoms. The number of para-hydroxylation sites is 1. The van der Waals surface area contributed by atoms with Gasteiger partial charge in [0.05, 0.1) is 11.0 Å². The Bertz CT molecular complexity index is 1410. The summed E-state index contributed by atoms with van der Waals surface area (Å²) < 4.78 is 1.57. The zero-order valence-corrected chi connectivity index (χ0v) is 15.0. The number of anilines is 1. The number of carbonyl (C=O) groups is 1. The largest absolute Gasteiger partial charge is 0.288 e. The summed E-state index contributed by atoms with van der Waals surface area (Å²) in [5.41, 5.74) is 2.68. The molecule has 5 aromatic rings. The van der Waals surface area contributed by atoms with Crippen LogP contribution in [0.25, 0.3) is 27.5 Å². The van der Waals surface area contributed by atoms with Crippen LogP contribution < -0.4 is 10.9 Å². The first kappa shape index (κ1) is 16.8. The number of H-pyrrole nitrogens is 1. The maximum Gasteiger partial charge on any atom is 0.270 e. The summed E-state index contributed by atoms with van der Waals surface area (Å²) in [4.78, 5) is 26.2. The topological polar surface area (TPSA) is 105 Å². The summed E-state index contributed by atoms with van der Waals surface area (Å²) in [5, 5.41) is 16.5. The van der Waals surface area contributed by atoms with Crippen LogP contribution in [-0.4, -0.2) is 30.9 Å². The molecule has 2 N–H and O–H groups in total. The van der Waals surface area contributed by atoms with Crippen LogP contribution in [0.5, 0.6) is 0 Å². The van der Waals surface area contributed by atoms with Gasteiger partial charge in [0, 0.05) is 5.56 Å². The van der Waals surface area contributed by atoms with Gasteiger partial charge in [0.25, 0.3) is 17.4 Å². The van der Waals surface area contributed by atoms with Gasteiger partial charge in [0.1, 0.15) is 5.56 Å². The molecule has 0 atom stereocenters. The molecule has 2 aromatic carbocycles. The molecule has 0 aliphatic heterocycles. The summed E-state index contributed by atoms with van der Waals surface area (Å²) >= 11 is 0. The van der Waals surface area contributed by atoms with Gasteiger partial charge >= 0.3 is 0 Å². The third-order valence-corrected chi connectivity index (χ3v) is 4.74. The number of nitrogens with zero attached hydrogens (tertiary/aromatic N) is 4. The Hall–Kier alpha value is -4.33. The molecule has 8 nitrogen and oxygen atoms in total. The number of rotatable bonds is 3. The number of hydrogen-bond donors (Lipinski definition) is 2. The second kappa shape index (κ2) is 6.68. The minimum Gasteiger partial charge on any atom is -0.288 e. The lowest BCUT2D eigenvalue weighted by molar-refractivity contribution is 0.102. The summed E-state index contributed by atoms with van der Waals surface area (Å²) in [7, 11) is 0. The van der Waals surface area contributed by atoms with Gasteiger partial charge in [-0.25, -0.2) is 0 Å². The van der Waals surface area contributed by atoms with Crippen LogP contribution >= 0.6 is 0 Å². The Morgan fingerprint density at radius 3 is 2.52 bits per heavy atom. The van der Waals surface area contributed by atoms with Gasteiger partial charge in [-0.3, -0.25) is 19.3 Å². The van der Waals surface area contributed by atoms with Crippen molar-refractivity contribution in [2.24, 2.45) is 0 Å². The number of amides is 1. The van der Waals surface area contributed by atoms with E-state index >= 15 is 0 Å². The van der Waals surface area contributed by atoms with E-state index in [1.165, 1.54) is 0 Å². The molecule has 0 aliphatic rings. The molecule has 29 heavy (non-hydrogen) atoms. The third-order valence-electron chi connectivity index (χ3n) is 4.74. The average molecular weight is 382 g/mol. The summed E-state index contributed by atoms with van der Waals surface area (Å²) in [6.45, 7) is 0. The molecule has 1 amide bonds. The Kier molecular flexibility index (Phi) is 3.87. The van der Waals surface area contributed by atoms with Crippen molar-refractivity contribution in [3.63, 3.8) is 0 Å². The Labute approximate surface area is 163 Å². The van der Waals surface area contributed by atoms with Crippen molar-refractivity contribution in [1.82, 2.24) is 25.0 Å². The fourth-order valence-corrected chi connectivity index (χ4v) is 3.43. The molecule has 0 aliphatic carbocycles.